The lowest BCUT2D eigenvalue weighted by molar-refractivity contribution is 0.102. The number of nitrogens with one attached hydrogen (secondary N) is 1. The summed E-state index contributed by atoms with van der Waals surface area (Å²) in [5, 5.41) is 3.71. The molecule has 5 nitrogen and oxygen atoms in total. The fourth-order valence-electron chi connectivity index (χ4n) is 2.90. The van der Waals surface area contributed by atoms with E-state index in [1.807, 2.05) is 30.5 Å². The van der Waals surface area contributed by atoms with Gasteiger partial charge in [0.25, 0.3) is 5.91 Å². The molecule has 1 amide bonds. The first-order valence-corrected chi connectivity index (χ1v) is 8.61. The van der Waals surface area contributed by atoms with Crippen molar-refractivity contribution in [2.75, 3.05) is 12.4 Å². The van der Waals surface area contributed by atoms with E-state index in [9.17, 15) is 9.59 Å². The second-order valence-electron chi connectivity index (χ2n) is 5.98. The molecule has 134 valence electrons. The van der Waals surface area contributed by atoms with E-state index in [2.05, 4.69) is 5.32 Å². The Bertz CT molecular complexity index is 1060. The third-order valence-electron chi connectivity index (χ3n) is 4.23. The van der Waals surface area contributed by atoms with Crippen molar-refractivity contribution in [1.82, 2.24) is 4.57 Å². The zero-order valence-corrected chi connectivity index (χ0v) is 15.6. The quantitative estimate of drug-likeness (QED) is 0.747. The maximum atomic E-state index is 12.9. The van der Waals surface area contributed by atoms with Gasteiger partial charge in [0.2, 0.25) is 5.43 Å². The number of methoxy groups -OCH3 is 1. The fraction of sp³-hybridized carbons (Fsp3) is 0.200. The van der Waals surface area contributed by atoms with Gasteiger partial charge in [-0.05, 0) is 44.2 Å². The van der Waals surface area contributed by atoms with Crippen LogP contribution in [0.3, 0.4) is 0 Å². The van der Waals surface area contributed by atoms with E-state index in [4.69, 9.17) is 16.3 Å². The van der Waals surface area contributed by atoms with Crippen molar-refractivity contribution in [1.29, 1.82) is 0 Å². The van der Waals surface area contributed by atoms with Gasteiger partial charge < -0.3 is 14.6 Å². The molecule has 0 saturated heterocycles. The summed E-state index contributed by atoms with van der Waals surface area (Å²) in [5.41, 5.74) is 1.96. The molecule has 0 unspecified atom stereocenters. The number of fused-ring (bicyclic) bond motifs is 1. The lowest BCUT2D eigenvalue weighted by Crippen LogP contribution is -2.24. The first kappa shape index (κ1) is 18.0. The predicted molar refractivity (Wildman–Crippen MR) is 105 cm³/mol. The molecule has 3 aromatic rings. The van der Waals surface area contributed by atoms with Gasteiger partial charge in [-0.25, -0.2) is 0 Å². The lowest BCUT2D eigenvalue weighted by Gasteiger charge is -2.13. The Morgan fingerprint density at radius 1 is 1.23 bits per heavy atom. The third-order valence-corrected chi connectivity index (χ3v) is 4.47. The summed E-state index contributed by atoms with van der Waals surface area (Å²) in [6, 6.07) is 10.6. The average Bonchev–Trinajstić information content (AvgIpc) is 2.62. The SMILES string of the molecule is CCn1cc(C(=O)Nc2cc(Cl)ccc2OC)c(=O)c2cc(C)ccc21. The van der Waals surface area contributed by atoms with Gasteiger partial charge >= 0.3 is 0 Å². The molecule has 0 saturated carbocycles. The summed E-state index contributed by atoms with van der Waals surface area (Å²) < 4.78 is 7.13. The largest absolute Gasteiger partial charge is 0.495 e. The van der Waals surface area contributed by atoms with Gasteiger partial charge in [0, 0.05) is 23.2 Å². The van der Waals surface area contributed by atoms with Crippen LogP contribution in [0.5, 0.6) is 5.75 Å². The molecular weight excluding hydrogens is 352 g/mol. The highest BCUT2D eigenvalue weighted by Crippen LogP contribution is 2.28. The number of amides is 1. The van der Waals surface area contributed by atoms with Crippen molar-refractivity contribution in [3.8, 4) is 5.75 Å². The Morgan fingerprint density at radius 3 is 2.69 bits per heavy atom. The number of carbonyl (C=O) groups is 1. The highest BCUT2D eigenvalue weighted by atomic mass is 35.5. The molecule has 0 spiro atoms. The van der Waals surface area contributed by atoms with Crippen LogP contribution in [0, 0.1) is 6.92 Å². The van der Waals surface area contributed by atoms with Crippen molar-refractivity contribution in [2.24, 2.45) is 0 Å². The number of rotatable bonds is 4. The highest BCUT2D eigenvalue weighted by molar-refractivity contribution is 6.31. The van der Waals surface area contributed by atoms with Gasteiger partial charge in [-0.3, -0.25) is 9.59 Å². The summed E-state index contributed by atoms with van der Waals surface area (Å²) in [4.78, 5) is 25.7. The van der Waals surface area contributed by atoms with Crippen LogP contribution in [0.25, 0.3) is 10.9 Å². The molecular formula is C20H19ClN2O3. The van der Waals surface area contributed by atoms with Gasteiger partial charge in [0.1, 0.15) is 11.3 Å². The number of aromatic nitrogens is 1. The second-order valence-corrected chi connectivity index (χ2v) is 6.41. The fourth-order valence-corrected chi connectivity index (χ4v) is 3.07. The van der Waals surface area contributed by atoms with Gasteiger partial charge in [-0.2, -0.15) is 0 Å². The van der Waals surface area contributed by atoms with Gasteiger partial charge in [0.15, 0.2) is 0 Å². The maximum absolute atomic E-state index is 12.9. The van der Waals surface area contributed by atoms with E-state index in [1.165, 1.54) is 7.11 Å². The van der Waals surface area contributed by atoms with E-state index in [0.29, 0.717) is 28.4 Å². The standard InChI is InChI=1S/C20H19ClN2O3/c1-4-23-11-15(19(24)14-9-12(2)5-7-17(14)23)20(25)22-16-10-13(21)6-8-18(16)26-3/h5-11H,4H2,1-3H3,(H,22,25). The highest BCUT2D eigenvalue weighted by Gasteiger charge is 2.17. The van der Waals surface area contributed by atoms with Crippen LogP contribution in [-0.4, -0.2) is 17.6 Å². The molecule has 0 radical (unpaired) electrons. The zero-order valence-electron chi connectivity index (χ0n) is 14.8. The van der Waals surface area contributed by atoms with Crippen LogP contribution < -0.4 is 15.5 Å². The van der Waals surface area contributed by atoms with Crippen molar-refractivity contribution >= 4 is 34.1 Å². The summed E-state index contributed by atoms with van der Waals surface area (Å²) in [7, 11) is 1.50. The summed E-state index contributed by atoms with van der Waals surface area (Å²) >= 11 is 6.01. The van der Waals surface area contributed by atoms with Crippen molar-refractivity contribution in [3.63, 3.8) is 0 Å². The first-order chi connectivity index (χ1) is 12.4. The number of anilines is 1. The van der Waals surface area contributed by atoms with E-state index >= 15 is 0 Å². The molecule has 0 aliphatic rings. The molecule has 0 atom stereocenters. The summed E-state index contributed by atoms with van der Waals surface area (Å²) in [6.07, 6.45) is 1.59. The second kappa shape index (κ2) is 7.22. The van der Waals surface area contributed by atoms with Crippen molar-refractivity contribution in [2.45, 2.75) is 20.4 Å². The first-order valence-electron chi connectivity index (χ1n) is 8.23. The van der Waals surface area contributed by atoms with Crippen LogP contribution in [0.2, 0.25) is 5.02 Å². The molecule has 0 fully saturated rings. The molecule has 1 N–H and O–H groups in total. The minimum atomic E-state index is -0.499. The van der Waals surface area contributed by atoms with E-state index in [1.54, 1.807) is 30.5 Å². The molecule has 0 aliphatic heterocycles. The molecule has 26 heavy (non-hydrogen) atoms. The van der Waals surface area contributed by atoms with Crippen LogP contribution >= 0.6 is 11.6 Å². The van der Waals surface area contributed by atoms with Crippen molar-refractivity contribution in [3.05, 3.63) is 69.0 Å². The Hall–Kier alpha value is -2.79. The molecule has 6 heteroatoms. The number of aryl methyl sites for hydroxylation is 2. The van der Waals surface area contributed by atoms with Crippen LogP contribution in [0.15, 0.2) is 47.4 Å². The monoisotopic (exact) mass is 370 g/mol. The number of hydrogen-bond acceptors (Lipinski definition) is 3. The number of nitrogens with zero attached hydrogens (tertiary/aromatic N) is 1. The molecule has 0 bridgehead atoms. The third kappa shape index (κ3) is 3.30. The maximum Gasteiger partial charge on any atom is 0.261 e. The summed E-state index contributed by atoms with van der Waals surface area (Å²) in [5.74, 6) is -0.0311. The van der Waals surface area contributed by atoms with Gasteiger partial charge in [-0.15, -0.1) is 0 Å². The van der Waals surface area contributed by atoms with Crippen LogP contribution in [0.4, 0.5) is 5.69 Å². The number of carbonyl (C=O) groups excluding carboxylic acids is 1. The molecule has 1 heterocycles. The number of benzene rings is 2. The number of ether oxygens (including phenoxy) is 1. The topological polar surface area (TPSA) is 60.3 Å². The Labute approximate surface area is 156 Å². The lowest BCUT2D eigenvalue weighted by atomic mass is 10.1. The molecule has 3 rings (SSSR count). The van der Waals surface area contributed by atoms with E-state index in [-0.39, 0.29) is 11.0 Å². The minimum Gasteiger partial charge on any atom is -0.495 e. The Kier molecular flexibility index (Phi) is 5.00. The van der Waals surface area contributed by atoms with Crippen LogP contribution in [-0.2, 0) is 6.54 Å². The van der Waals surface area contributed by atoms with E-state index in [0.717, 1.165) is 11.1 Å². The normalized spacial score (nSPS) is 10.8. The number of hydrogen-bond donors (Lipinski definition) is 1. The van der Waals surface area contributed by atoms with Gasteiger partial charge in [0.05, 0.1) is 18.3 Å². The number of halogens is 1. The zero-order chi connectivity index (χ0) is 18.8. The minimum absolute atomic E-state index is 0.0759. The predicted octanol–water partition coefficient (Wildman–Crippen LogP) is 4.24. The molecule has 2 aromatic carbocycles. The number of pyridine rings is 1. The van der Waals surface area contributed by atoms with Crippen LogP contribution in [0.1, 0.15) is 22.8 Å². The Morgan fingerprint density at radius 2 is 2.00 bits per heavy atom. The molecule has 1 aromatic heterocycles. The van der Waals surface area contributed by atoms with E-state index < -0.39 is 5.91 Å². The average molecular weight is 371 g/mol. The Balaban J connectivity index is 2.10. The smallest absolute Gasteiger partial charge is 0.261 e. The summed E-state index contributed by atoms with van der Waals surface area (Å²) in [6.45, 7) is 4.52. The van der Waals surface area contributed by atoms with Crippen molar-refractivity contribution < 1.29 is 9.53 Å². The van der Waals surface area contributed by atoms with Gasteiger partial charge in [-0.1, -0.05) is 23.2 Å². The molecule has 0 aliphatic carbocycles.